The molecule has 0 radical (unpaired) electrons. The van der Waals surface area contributed by atoms with Gasteiger partial charge in [-0.05, 0) is 0 Å². The van der Waals surface area contributed by atoms with Crippen molar-refractivity contribution in [1.29, 1.82) is 0 Å². The van der Waals surface area contributed by atoms with Crippen LogP contribution in [0.1, 0.15) is 12.8 Å². The fourth-order valence-corrected chi connectivity index (χ4v) is 0.684. The third kappa shape index (κ3) is 8.15. The molecule has 0 fully saturated rings. The van der Waals surface area contributed by atoms with Gasteiger partial charge in [0.2, 0.25) is 0 Å². The molecule has 74 valence electrons. The minimum atomic E-state index is -2.97. The van der Waals surface area contributed by atoms with Crippen LogP contribution in [0, 0.1) is 35.6 Å². The van der Waals surface area contributed by atoms with Crippen LogP contribution >= 0.6 is 0 Å². The minimum absolute atomic E-state index is 0. The fourth-order valence-electron chi connectivity index (χ4n) is 0.684. The maximum absolute atomic E-state index is 10.1. The van der Waals surface area contributed by atoms with E-state index >= 15 is 0 Å². The van der Waals surface area contributed by atoms with Crippen molar-refractivity contribution in [2.24, 2.45) is 0 Å². The summed E-state index contributed by atoms with van der Waals surface area (Å²) in [5.41, 5.74) is -2.97. The normalized spacial score (nSPS) is 9.40. The Morgan fingerprint density at radius 2 is 1.27 bits per heavy atom. The molecule has 0 aliphatic carbocycles. The summed E-state index contributed by atoms with van der Waals surface area (Å²) >= 11 is 0. The zero-order chi connectivity index (χ0) is 10.6. The van der Waals surface area contributed by atoms with Crippen LogP contribution < -0.4 is 15.3 Å². The second-order valence-electron chi connectivity index (χ2n) is 2.42. The first kappa shape index (κ1) is 20.7. The van der Waals surface area contributed by atoms with E-state index in [1.54, 1.807) is 0 Å². The van der Waals surface area contributed by atoms with Crippen molar-refractivity contribution in [3.05, 3.63) is 0 Å². The van der Waals surface area contributed by atoms with Gasteiger partial charge in [0, 0.05) is 24.8 Å². The molecular weight excluding hydrogens is 416 g/mol. The molecule has 15 heavy (non-hydrogen) atoms. The van der Waals surface area contributed by atoms with E-state index in [0.717, 1.165) is 0 Å². The van der Waals surface area contributed by atoms with Gasteiger partial charge in [0.25, 0.3) is 0 Å². The molecule has 9 heteroatoms. The molecule has 0 aromatic rings. The molecule has 0 unspecified atom stereocenters. The van der Waals surface area contributed by atoms with Crippen LogP contribution in [0.15, 0.2) is 0 Å². The molecule has 7 nitrogen and oxygen atoms in total. The molecule has 0 bridgehead atoms. The van der Waals surface area contributed by atoms with E-state index in [4.69, 9.17) is 5.11 Å². The largest absolute Gasteiger partial charge is 5.00 e. The maximum atomic E-state index is 10.1. The molecule has 0 aliphatic rings. The molecule has 0 spiro atoms. The van der Waals surface area contributed by atoms with Gasteiger partial charge in [0.15, 0.2) is 0 Å². The Morgan fingerprint density at radius 1 is 1.00 bits per heavy atom. The van der Waals surface area contributed by atoms with Crippen LogP contribution in [0.25, 0.3) is 0 Å². The van der Waals surface area contributed by atoms with Crippen molar-refractivity contribution in [1.82, 2.24) is 0 Å². The number of carbonyl (C=O) groups is 3. The molecule has 0 aliphatic heterocycles. The topological polar surface area (TPSA) is 141 Å². The van der Waals surface area contributed by atoms with Crippen molar-refractivity contribution in [3.63, 3.8) is 0 Å². The first-order valence-electron chi connectivity index (χ1n) is 3.11. The third-order valence-electron chi connectivity index (χ3n) is 1.25. The molecule has 0 amide bonds. The van der Waals surface area contributed by atoms with Crippen molar-refractivity contribution >= 4 is 17.9 Å². The van der Waals surface area contributed by atoms with E-state index in [9.17, 15) is 29.7 Å². The Bertz CT molecular complexity index is 238. The van der Waals surface area contributed by atoms with Crippen molar-refractivity contribution in [2.75, 3.05) is 0 Å². The van der Waals surface area contributed by atoms with Gasteiger partial charge in [0.1, 0.15) is 5.60 Å². The summed E-state index contributed by atoms with van der Waals surface area (Å²) < 4.78 is 0. The van der Waals surface area contributed by atoms with E-state index in [1.807, 2.05) is 0 Å². The third-order valence-corrected chi connectivity index (χ3v) is 1.25. The number of rotatable bonds is 5. The predicted molar refractivity (Wildman–Crippen MR) is 29.2 cm³/mol. The SMILES string of the molecule is O=C([O-])CC(O)(CC(=O)[O-])C(=O)[O-].[La+3].[Nb+5]. The molecule has 0 rings (SSSR count). The number of hydrogen-bond acceptors (Lipinski definition) is 7. The summed E-state index contributed by atoms with van der Waals surface area (Å²) in [7, 11) is 0. The second-order valence-corrected chi connectivity index (χ2v) is 2.42. The van der Waals surface area contributed by atoms with E-state index in [-0.39, 0.29) is 58.0 Å². The van der Waals surface area contributed by atoms with Crippen molar-refractivity contribution in [2.45, 2.75) is 18.4 Å². The van der Waals surface area contributed by atoms with Gasteiger partial charge in [-0.25, -0.2) is 0 Å². The monoisotopic (exact) mass is 421 g/mol. The zero-order valence-electron chi connectivity index (χ0n) is 7.34. The average molecular weight is 421 g/mol. The predicted octanol–water partition coefficient (Wildman–Crippen LogP) is -5.26. The molecule has 0 atom stereocenters. The fraction of sp³-hybridized carbons (Fsp3) is 0.500. The quantitative estimate of drug-likeness (QED) is 0.438. The van der Waals surface area contributed by atoms with E-state index in [1.165, 1.54) is 0 Å². The summed E-state index contributed by atoms with van der Waals surface area (Å²) in [5, 5.41) is 38.9. The van der Waals surface area contributed by atoms with Crippen LogP contribution in [-0.2, 0) is 36.8 Å². The minimum Gasteiger partial charge on any atom is -0.550 e. The molecule has 0 aromatic carbocycles. The number of carboxylic acid groups (broad SMARTS) is 3. The standard InChI is InChI=1S/C6H8O7.La.Nb/c7-3(8)1-6(13,5(11)12)2-4(9)10;;/h13H,1-2H2,(H,7,8)(H,9,10)(H,11,12);;/q;+3;+5/p-3. The Morgan fingerprint density at radius 3 is 1.40 bits per heavy atom. The van der Waals surface area contributed by atoms with Gasteiger partial charge < -0.3 is 34.8 Å². The summed E-state index contributed by atoms with van der Waals surface area (Å²) in [4.78, 5) is 30.0. The van der Waals surface area contributed by atoms with Gasteiger partial charge in [-0.2, -0.15) is 0 Å². The van der Waals surface area contributed by atoms with Crippen LogP contribution in [0.3, 0.4) is 0 Å². The summed E-state index contributed by atoms with van der Waals surface area (Å²) in [5.74, 6) is -5.98. The second kappa shape index (κ2) is 8.46. The molecule has 0 heterocycles. The van der Waals surface area contributed by atoms with Crippen molar-refractivity contribution in [3.8, 4) is 0 Å². The maximum Gasteiger partial charge on any atom is 5.00 e. The number of carbonyl (C=O) groups excluding carboxylic acids is 3. The number of carboxylic acids is 3. The smallest absolute Gasteiger partial charge is 0.550 e. The van der Waals surface area contributed by atoms with Crippen LogP contribution in [0.5, 0.6) is 0 Å². The van der Waals surface area contributed by atoms with Gasteiger partial charge in [-0.1, -0.05) is 0 Å². The van der Waals surface area contributed by atoms with Crippen molar-refractivity contribution < 1.29 is 92.8 Å². The van der Waals surface area contributed by atoms with Gasteiger partial charge in [0.05, 0.1) is 5.97 Å². The van der Waals surface area contributed by atoms with Gasteiger partial charge in [-0.3, -0.25) is 0 Å². The molecular formula is C6H5LaNbO7+5. The molecule has 0 saturated carbocycles. The van der Waals surface area contributed by atoms with E-state index < -0.39 is 36.4 Å². The Hall–Kier alpha value is 0.305. The Kier molecular flexibility index (Phi) is 11.7. The summed E-state index contributed by atoms with van der Waals surface area (Å²) in [6.07, 6.45) is -2.72. The molecule has 0 saturated heterocycles. The van der Waals surface area contributed by atoms with Crippen LogP contribution in [0.2, 0.25) is 0 Å². The van der Waals surface area contributed by atoms with Gasteiger partial charge in [-0.15, -0.1) is 0 Å². The van der Waals surface area contributed by atoms with E-state index in [2.05, 4.69) is 0 Å². The average Bonchev–Trinajstić information content (AvgIpc) is 1.82. The van der Waals surface area contributed by atoms with E-state index in [0.29, 0.717) is 0 Å². The molecule has 1 N–H and O–H groups in total. The molecule has 0 aromatic heterocycles. The number of aliphatic carboxylic acids is 3. The van der Waals surface area contributed by atoms with Gasteiger partial charge >= 0.3 is 58.0 Å². The summed E-state index contributed by atoms with van der Waals surface area (Å²) in [6, 6.07) is 0. The Labute approximate surface area is 128 Å². The first-order chi connectivity index (χ1) is 5.78. The zero-order valence-corrected chi connectivity index (χ0v) is 13.2. The number of hydrogen-bond donors (Lipinski definition) is 1. The first-order valence-corrected chi connectivity index (χ1v) is 3.11. The van der Waals surface area contributed by atoms with Crippen LogP contribution in [0.4, 0.5) is 0 Å². The summed E-state index contributed by atoms with van der Waals surface area (Å²) in [6.45, 7) is 0. The van der Waals surface area contributed by atoms with Crippen LogP contribution in [-0.4, -0.2) is 28.6 Å². The number of aliphatic hydroxyl groups is 1. The Balaban J connectivity index is -0.000000720.